The Morgan fingerprint density at radius 3 is 2.33 bits per heavy atom. The number of fused-ring (bicyclic) bond motifs is 5. The molecule has 0 spiro atoms. The number of hydrogen-bond donors (Lipinski definition) is 1. The number of hydrogen-bond acceptors (Lipinski definition) is 4. The van der Waals surface area contributed by atoms with E-state index in [9.17, 15) is 14.7 Å². The number of aryl methyl sites for hydroxylation is 1. The average molecular weight is 551 g/mol. The van der Waals surface area contributed by atoms with Crippen molar-refractivity contribution in [2.45, 2.75) is 148 Å². The number of esters is 1. The quantitative estimate of drug-likeness (QED) is 0.0963. The van der Waals surface area contributed by atoms with Crippen molar-refractivity contribution in [1.82, 2.24) is 0 Å². The molecule has 2 saturated carbocycles. The van der Waals surface area contributed by atoms with Crippen LogP contribution >= 0.6 is 0 Å². The van der Waals surface area contributed by atoms with Gasteiger partial charge in [-0.2, -0.15) is 0 Å². The van der Waals surface area contributed by atoms with Crippen molar-refractivity contribution in [3.05, 3.63) is 35.4 Å². The van der Waals surface area contributed by atoms with Crippen molar-refractivity contribution in [2.75, 3.05) is 0 Å². The second-order valence-electron chi connectivity index (χ2n) is 13.2. The van der Waals surface area contributed by atoms with Crippen LogP contribution in [0.15, 0.2) is 24.3 Å². The van der Waals surface area contributed by atoms with Crippen LogP contribution in [0.4, 0.5) is 0 Å². The molecule has 1 N–H and O–H groups in total. The third-order valence-electron chi connectivity index (χ3n) is 10.4. The van der Waals surface area contributed by atoms with Gasteiger partial charge in [0.05, 0.1) is 0 Å². The smallest absolute Gasteiger partial charge is 0.311 e. The monoisotopic (exact) mass is 550 g/mol. The Labute approximate surface area is 243 Å². The number of phenols is 1. The van der Waals surface area contributed by atoms with Gasteiger partial charge in [0, 0.05) is 18.3 Å². The molecule has 0 bridgehead atoms. The first-order chi connectivity index (χ1) is 19.4. The fourth-order valence-electron chi connectivity index (χ4n) is 7.95. The largest absolute Gasteiger partial charge is 0.504 e. The third kappa shape index (κ3) is 7.79. The summed E-state index contributed by atoms with van der Waals surface area (Å²) in [7, 11) is 0. The number of ether oxygens (including phenoxy) is 1. The van der Waals surface area contributed by atoms with Crippen LogP contribution < -0.4 is 4.74 Å². The van der Waals surface area contributed by atoms with Crippen molar-refractivity contribution in [1.29, 1.82) is 0 Å². The van der Waals surface area contributed by atoms with E-state index in [1.165, 1.54) is 68.9 Å². The molecule has 0 heterocycles. The maximum atomic E-state index is 12.6. The molecule has 4 heteroatoms. The van der Waals surface area contributed by atoms with E-state index < -0.39 is 0 Å². The molecule has 0 aliphatic heterocycles. The predicted molar refractivity (Wildman–Crippen MR) is 163 cm³/mol. The summed E-state index contributed by atoms with van der Waals surface area (Å²) in [5.41, 5.74) is 2.28. The Morgan fingerprint density at radius 1 is 0.925 bits per heavy atom. The van der Waals surface area contributed by atoms with Gasteiger partial charge >= 0.3 is 5.97 Å². The highest BCUT2D eigenvalue weighted by Gasteiger charge is 2.54. The molecule has 1 aromatic carbocycles. The maximum Gasteiger partial charge on any atom is 0.311 e. The summed E-state index contributed by atoms with van der Waals surface area (Å²) in [6.07, 6.45) is 26.8. The third-order valence-corrected chi connectivity index (χ3v) is 10.4. The zero-order chi connectivity index (χ0) is 28.4. The minimum Gasteiger partial charge on any atom is -0.504 e. The molecule has 4 atom stereocenters. The van der Waals surface area contributed by atoms with Crippen molar-refractivity contribution in [3.8, 4) is 11.5 Å². The van der Waals surface area contributed by atoms with Crippen molar-refractivity contribution >= 4 is 11.8 Å². The number of allylic oxidation sites excluding steroid dienone is 2. The first kappa shape index (κ1) is 30.8. The number of benzene rings is 1. The van der Waals surface area contributed by atoms with E-state index >= 15 is 0 Å². The van der Waals surface area contributed by atoms with Gasteiger partial charge in [-0.3, -0.25) is 9.59 Å². The number of Topliss-reactive ketones (excluding diaryl/α,β-unsaturated/α-hetero) is 1. The normalized spacial score (nSPS) is 25.6. The molecule has 3 aliphatic carbocycles. The Morgan fingerprint density at radius 2 is 1.60 bits per heavy atom. The van der Waals surface area contributed by atoms with Crippen LogP contribution in [0.1, 0.15) is 153 Å². The van der Waals surface area contributed by atoms with Gasteiger partial charge in [0.15, 0.2) is 11.5 Å². The van der Waals surface area contributed by atoms with Crippen LogP contribution in [0, 0.1) is 17.3 Å². The van der Waals surface area contributed by atoms with Gasteiger partial charge in [-0.25, -0.2) is 0 Å². The van der Waals surface area contributed by atoms with Crippen LogP contribution in [-0.2, 0) is 16.0 Å². The predicted octanol–water partition coefficient (Wildman–Crippen LogP) is 9.76. The van der Waals surface area contributed by atoms with Crippen molar-refractivity contribution < 1.29 is 19.4 Å². The van der Waals surface area contributed by atoms with Crippen LogP contribution in [0.3, 0.4) is 0 Å². The topological polar surface area (TPSA) is 63.6 Å². The fourth-order valence-corrected chi connectivity index (χ4v) is 7.95. The molecule has 222 valence electrons. The Kier molecular flexibility index (Phi) is 11.7. The van der Waals surface area contributed by atoms with Gasteiger partial charge in [-0.1, -0.05) is 77.4 Å². The van der Waals surface area contributed by atoms with E-state index in [2.05, 4.69) is 26.0 Å². The molecule has 1 aromatic rings. The highest BCUT2D eigenvalue weighted by molar-refractivity contribution is 5.87. The molecule has 2 fully saturated rings. The maximum absolute atomic E-state index is 12.6. The highest BCUT2D eigenvalue weighted by Crippen LogP contribution is 2.60. The summed E-state index contributed by atoms with van der Waals surface area (Å²) in [5, 5.41) is 10.6. The lowest BCUT2D eigenvalue weighted by Crippen LogP contribution is -2.42. The molecule has 40 heavy (non-hydrogen) atoms. The number of ketones is 1. The van der Waals surface area contributed by atoms with E-state index in [1.807, 2.05) is 12.1 Å². The number of rotatable bonds is 16. The highest BCUT2D eigenvalue weighted by atomic mass is 16.5. The van der Waals surface area contributed by atoms with Gasteiger partial charge in [0.2, 0.25) is 0 Å². The molecule has 4 rings (SSSR count). The Hall–Kier alpha value is -2.10. The molecule has 0 radical (unpaired) electrons. The molecule has 3 aliphatic rings. The number of carbonyl (C=O) groups excluding carboxylic acids is 2. The van der Waals surface area contributed by atoms with E-state index in [0.717, 1.165) is 64.2 Å². The molecule has 0 unspecified atom stereocenters. The van der Waals surface area contributed by atoms with Gasteiger partial charge in [0.1, 0.15) is 5.78 Å². The van der Waals surface area contributed by atoms with Crippen LogP contribution in [0.5, 0.6) is 11.5 Å². The number of phenolic OH excluding ortho intramolecular Hbond substituents is 1. The van der Waals surface area contributed by atoms with Gasteiger partial charge in [-0.15, -0.1) is 0 Å². The Balaban J connectivity index is 1.13. The van der Waals surface area contributed by atoms with Gasteiger partial charge < -0.3 is 9.84 Å². The van der Waals surface area contributed by atoms with Crippen LogP contribution in [0.2, 0.25) is 0 Å². The van der Waals surface area contributed by atoms with Crippen LogP contribution in [0.25, 0.3) is 0 Å². The summed E-state index contributed by atoms with van der Waals surface area (Å²) in [6.45, 7) is 4.46. The summed E-state index contributed by atoms with van der Waals surface area (Å²) in [4.78, 5) is 25.2. The summed E-state index contributed by atoms with van der Waals surface area (Å²) in [6, 6.07) is 3.77. The van der Waals surface area contributed by atoms with Gasteiger partial charge in [-0.05, 0) is 105 Å². The number of unbranched alkanes of at least 4 members (excludes halogenated alkanes) is 11. The molecular formula is C36H54O4. The van der Waals surface area contributed by atoms with E-state index in [1.54, 1.807) is 0 Å². The fraction of sp³-hybridized carbons (Fsp3) is 0.722. The minimum absolute atomic E-state index is 0.0757. The number of carbonyl (C=O) groups is 2. The van der Waals surface area contributed by atoms with Crippen LogP contribution in [-0.4, -0.2) is 16.9 Å². The van der Waals surface area contributed by atoms with E-state index in [-0.39, 0.29) is 17.1 Å². The zero-order valence-corrected chi connectivity index (χ0v) is 25.4. The SMILES string of the molecule is CCCCCCCCC=CCCCCCCCC(=O)Oc1cc2c(cc1O)CC[C@@H]1[C@@H]2CC[C@]2(C)C(=O)CC[C@@H]12. The lowest BCUT2D eigenvalue weighted by atomic mass is 9.55. The lowest BCUT2D eigenvalue weighted by molar-refractivity contribution is -0.134. The average Bonchev–Trinajstić information content (AvgIpc) is 3.25. The standard InChI is InChI=1S/C36H54O4/c1-3-4-5-6-7-8-9-10-11-12-13-14-15-16-17-18-35(39)40-33-26-30-27(25-32(33)37)19-20-29-28(30)23-24-36(2)31(29)21-22-34(36)38/h10-11,25-26,28-29,31,37H,3-9,12-24H2,1-2H3/t28-,29+,31-,36-/m0/s1. The molecule has 0 saturated heterocycles. The zero-order valence-electron chi connectivity index (χ0n) is 25.4. The Bertz CT molecular complexity index is 1010. The summed E-state index contributed by atoms with van der Waals surface area (Å²) in [5.74, 6) is 1.97. The molecular weight excluding hydrogens is 496 g/mol. The molecule has 0 aromatic heterocycles. The lowest BCUT2D eigenvalue weighted by Gasteiger charge is -2.48. The van der Waals surface area contributed by atoms with E-state index in [4.69, 9.17) is 4.74 Å². The molecule has 0 amide bonds. The second kappa shape index (κ2) is 15.2. The van der Waals surface area contributed by atoms with Crippen molar-refractivity contribution in [3.63, 3.8) is 0 Å². The second-order valence-corrected chi connectivity index (χ2v) is 13.2. The first-order valence-corrected chi connectivity index (χ1v) is 16.7. The molecule has 4 nitrogen and oxygen atoms in total. The summed E-state index contributed by atoms with van der Waals surface area (Å²) < 4.78 is 5.68. The first-order valence-electron chi connectivity index (χ1n) is 16.7. The van der Waals surface area contributed by atoms with Gasteiger partial charge in [0.25, 0.3) is 0 Å². The van der Waals surface area contributed by atoms with E-state index in [0.29, 0.717) is 35.7 Å². The number of aromatic hydroxyl groups is 1. The minimum atomic E-state index is -0.252. The summed E-state index contributed by atoms with van der Waals surface area (Å²) >= 11 is 0. The van der Waals surface area contributed by atoms with Crippen molar-refractivity contribution in [2.24, 2.45) is 17.3 Å².